The number of hydrogen-bond acceptors (Lipinski definition) is 3. The fourth-order valence-corrected chi connectivity index (χ4v) is 3.36. The van der Waals surface area contributed by atoms with Gasteiger partial charge >= 0.3 is 0 Å². The lowest BCUT2D eigenvalue weighted by atomic mass is 10.0. The molecule has 132 valence electrons. The van der Waals surface area contributed by atoms with E-state index in [1.54, 1.807) is 0 Å². The van der Waals surface area contributed by atoms with Gasteiger partial charge in [0.25, 0.3) is 0 Å². The average Bonchev–Trinajstić information content (AvgIpc) is 3.06. The molecule has 4 nitrogen and oxygen atoms in total. The number of carbonyl (C=O) groups excluding carboxylic acids is 1. The van der Waals surface area contributed by atoms with Gasteiger partial charge in [0.2, 0.25) is 5.91 Å². The third-order valence-corrected chi connectivity index (χ3v) is 4.99. The van der Waals surface area contributed by atoms with Gasteiger partial charge in [-0.1, -0.05) is 38.1 Å². The van der Waals surface area contributed by atoms with Crippen molar-refractivity contribution >= 4 is 5.91 Å². The van der Waals surface area contributed by atoms with Crippen molar-refractivity contribution < 1.29 is 4.79 Å². The summed E-state index contributed by atoms with van der Waals surface area (Å²) in [6.07, 6.45) is 2.45. The molecule has 0 radical (unpaired) electrons. The Bertz CT molecular complexity index is 707. The number of aryl methyl sites for hydroxylation is 1. The molecular formula is C21H27N3O. The van der Waals surface area contributed by atoms with Gasteiger partial charge in [0, 0.05) is 13.1 Å². The molecule has 1 fully saturated rings. The summed E-state index contributed by atoms with van der Waals surface area (Å²) in [6, 6.07) is 12.5. The zero-order valence-electron chi connectivity index (χ0n) is 15.4. The summed E-state index contributed by atoms with van der Waals surface area (Å²) in [7, 11) is 0. The van der Waals surface area contributed by atoms with E-state index in [1.165, 1.54) is 5.56 Å². The largest absolute Gasteiger partial charge is 0.342 e. The van der Waals surface area contributed by atoms with Gasteiger partial charge in [0.05, 0.1) is 17.8 Å². The summed E-state index contributed by atoms with van der Waals surface area (Å²) in [5, 5.41) is 8.37. The van der Waals surface area contributed by atoms with Crippen LogP contribution in [0.25, 0.3) is 0 Å². The highest BCUT2D eigenvalue weighted by molar-refractivity contribution is 5.79. The van der Waals surface area contributed by atoms with Crippen LogP contribution < -0.4 is 0 Å². The number of aromatic nitrogens is 2. The van der Waals surface area contributed by atoms with Gasteiger partial charge in [-0.3, -0.25) is 4.79 Å². The highest BCUT2D eigenvalue weighted by Crippen LogP contribution is 2.21. The molecule has 0 N–H and O–H groups in total. The first-order valence-electron chi connectivity index (χ1n) is 9.17. The van der Waals surface area contributed by atoms with E-state index in [2.05, 4.69) is 48.3 Å². The van der Waals surface area contributed by atoms with E-state index in [4.69, 9.17) is 0 Å². The van der Waals surface area contributed by atoms with Crippen LogP contribution in [0.5, 0.6) is 0 Å². The quantitative estimate of drug-likeness (QED) is 0.838. The van der Waals surface area contributed by atoms with Crippen molar-refractivity contribution in [2.45, 2.75) is 46.0 Å². The molecule has 0 aliphatic carbocycles. The second-order valence-electron chi connectivity index (χ2n) is 7.44. The van der Waals surface area contributed by atoms with E-state index in [-0.39, 0.29) is 5.91 Å². The smallest absolute Gasteiger partial charge is 0.226 e. The molecule has 2 heterocycles. The average molecular weight is 337 g/mol. The van der Waals surface area contributed by atoms with Gasteiger partial charge in [-0.05, 0) is 54.9 Å². The van der Waals surface area contributed by atoms with Crippen LogP contribution in [0.3, 0.4) is 0 Å². The minimum atomic E-state index is 0.231. The Morgan fingerprint density at radius 3 is 2.56 bits per heavy atom. The second-order valence-corrected chi connectivity index (χ2v) is 7.44. The van der Waals surface area contributed by atoms with Gasteiger partial charge < -0.3 is 4.90 Å². The van der Waals surface area contributed by atoms with E-state index in [1.807, 2.05) is 24.0 Å². The molecule has 0 spiro atoms. The molecule has 0 saturated carbocycles. The first-order valence-corrected chi connectivity index (χ1v) is 9.17. The first-order chi connectivity index (χ1) is 12.0. The van der Waals surface area contributed by atoms with Gasteiger partial charge in [0.1, 0.15) is 0 Å². The molecule has 1 aromatic heterocycles. The molecule has 3 rings (SSSR count). The minimum Gasteiger partial charge on any atom is -0.342 e. The SMILES string of the molecule is Cc1ccc(CC2CCN(C(=O)Cc3ccc(C(C)C)cc3)C2)nn1. The van der Waals surface area contributed by atoms with Crippen LogP contribution in [0.2, 0.25) is 0 Å². The molecule has 1 saturated heterocycles. The Labute approximate surface area is 150 Å². The van der Waals surface area contributed by atoms with Crippen molar-refractivity contribution in [3.8, 4) is 0 Å². The van der Waals surface area contributed by atoms with Crippen LogP contribution in [-0.2, 0) is 17.6 Å². The van der Waals surface area contributed by atoms with Crippen LogP contribution in [0.4, 0.5) is 0 Å². The summed E-state index contributed by atoms with van der Waals surface area (Å²) in [5.74, 6) is 1.24. The normalized spacial score (nSPS) is 17.3. The van der Waals surface area contributed by atoms with Crippen LogP contribution >= 0.6 is 0 Å². The molecule has 1 unspecified atom stereocenters. The molecule has 25 heavy (non-hydrogen) atoms. The van der Waals surface area contributed by atoms with E-state index < -0.39 is 0 Å². The van der Waals surface area contributed by atoms with Crippen molar-refractivity contribution in [2.24, 2.45) is 5.92 Å². The fourth-order valence-electron chi connectivity index (χ4n) is 3.36. The van der Waals surface area contributed by atoms with Gasteiger partial charge in [-0.25, -0.2) is 0 Å². The molecule has 1 aliphatic heterocycles. The van der Waals surface area contributed by atoms with Gasteiger partial charge in [-0.2, -0.15) is 10.2 Å². The number of rotatable bonds is 5. The summed E-state index contributed by atoms with van der Waals surface area (Å²) in [4.78, 5) is 14.6. The van der Waals surface area contributed by atoms with Crippen molar-refractivity contribution in [3.63, 3.8) is 0 Å². The molecule has 0 bridgehead atoms. The predicted molar refractivity (Wildman–Crippen MR) is 99.4 cm³/mol. The topological polar surface area (TPSA) is 46.1 Å². The molecule has 1 amide bonds. The highest BCUT2D eigenvalue weighted by Gasteiger charge is 2.26. The zero-order valence-corrected chi connectivity index (χ0v) is 15.4. The minimum absolute atomic E-state index is 0.231. The monoisotopic (exact) mass is 337 g/mol. The molecule has 4 heteroatoms. The van der Waals surface area contributed by atoms with E-state index in [0.29, 0.717) is 18.3 Å². The molecule has 1 atom stereocenters. The number of benzene rings is 1. The van der Waals surface area contributed by atoms with Crippen molar-refractivity contribution in [2.75, 3.05) is 13.1 Å². The number of nitrogens with zero attached hydrogens (tertiary/aromatic N) is 3. The van der Waals surface area contributed by atoms with Crippen LogP contribution in [0, 0.1) is 12.8 Å². The lowest BCUT2D eigenvalue weighted by molar-refractivity contribution is -0.129. The Hall–Kier alpha value is -2.23. The molecule has 1 aliphatic rings. The summed E-state index contributed by atoms with van der Waals surface area (Å²) in [5.41, 5.74) is 4.38. The third-order valence-electron chi connectivity index (χ3n) is 4.99. The van der Waals surface area contributed by atoms with Crippen molar-refractivity contribution in [3.05, 3.63) is 58.9 Å². The number of amides is 1. The third kappa shape index (κ3) is 4.65. The van der Waals surface area contributed by atoms with E-state index in [0.717, 1.165) is 42.9 Å². The molecule has 1 aromatic carbocycles. The van der Waals surface area contributed by atoms with Gasteiger partial charge in [-0.15, -0.1) is 0 Å². The Balaban J connectivity index is 1.52. The standard InChI is InChI=1S/C21H27N3O/c1-15(2)19-7-5-17(6-8-19)13-21(25)24-11-10-18(14-24)12-20-9-4-16(3)22-23-20/h4-9,15,18H,10-14H2,1-3H3. The van der Waals surface area contributed by atoms with E-state index in [9.17, 15) is 4.79 Å². The number of carbonyl (C=O) groups is 1. The maximum absolute atomic E-state index is 12.6. The Kier molecular flexibility index (Phi) is 5.47. The summed E-state index contributed by atoms with van der Waals surface area (Å²) < 4.78 is 0. The maximum atomic E-state index is 12.6. The van der Waals surface area contributed by atoms with Crippen LogP contribution in [-0.4, -0.2) is 34.1 Å². The fraction of sp³-hybridized carbons (Fsp3) is 0.476. The van der Waals surface area contributed by atoms with Crippen LogP contribution in [0.15, 0.2) is 36.4 Å². The maximum Gasteiger partial charge on any atom is 0.226 e. The lowest BCUT2D eigenvalue weighted by Gasteiger charge is -2.17. The summed E-state index contributed by atoms with van der Waals surface area (Å²) >= 11 is 0. The highest BCUT2D eigenvalue weighted by atomic mass is 16.2. The van der Waals surface area contributed by atoms with E-state index >= 15 is 0 Å². The van der Waals surface area contributed by atoms with Gasteiger partial charge in [0.15, 0.2) is 0 Å². The second kappa shape index (κ2) is 7.77. The Morgan fingerprint density at radius 2 is 1.92 bits per heavy atom. The summed E-state index contributed by atoms with van der Waals surface area (Å²) in [6.45, 7) is 8.00. The van der Waals surface area contributed by atoms with Crippen molar-refractivity contribution in [1.29, 1.82) is 0 Å². The number of hydrogen-bond donors (Lipinski definition) is 0. The zero-order chi connectivity index (χ0) is 17.8. The lowest BCUT2D eigenvalue weighted by Crippen LogP contribution is -2.30. The molecular weight excluding hydrogens is 310 g/mol. The first kappa shape index (κ1) is 17.6. The number of likely N-dealkylation sites (tertiary alicyclic amines) is 1. The Morgan fingerprint density at radius 1 is 1.16 bits per heavy atom. The molecule has 2 aromatic rings. The predicted octanol–water partition coefficient (Wildman–Crippen LogP) is 3.54. The van der Waals surface area contributed by atoms with Crippen LogP contribution in [0.1, 0.15) is 48.7 Å². The van der Waals surface area contributed by atoms with Crippen molar-refractivity contribution in [1.82, 2.24) is 15.1 Å².